The summed E-state index contributed by atoms with van der Waals surface area (Å²) in [5, 5.41) is 12.1. The van der Waals surface area contributed by atoms with Crippen molar-refractivity contribution in [2.24, 2.45) is 0 Å². The molecule has 1 atom stereocenters. The molecule has 0 unspecified atom stereocenters. The third-order valence-corrected chi connectivity index (χ3v) is 3.26. The summed E-state index contributed by atoms with van der Waals surface area (Å²) in [6.07, 6.45) is 2.38. The molecule has 0 bridgehead atoms. The van der Waals surface area contributed by atoms with E-state index in [1.165, 1.54) is 0 Å². The molecule has 0 radical (unpaired) electrons. The normalized spacial score (nSPS) is 11.8. The van der Waals surface area contributed by atoms with Crippen molar-refractivity contribution in [3.63, 3.8) is 0 Å². The molecule has 5 heteroatoms. The highest BCUT2D eigenvalue weighted by Gasteiger charge is 2.11. The van der Waals surface area contributed by atoms with E-state index in [0.717, 1.165) is 5.56 Å². The number of pyridine rings is 1. The maximum Gasteiger partial charge on any atom is 0.254 e. The Hall–Kier alpha value is -2.14. The van der Waals surface area contributed by atoms with E-state index >= 15 is 0 Å². The number of carbonyl (C=O) groups excluding carboxylic acids is 1. The fourth-order valence-corrected chi connectivity index (χ4v) is 2.17. The molecule has 3 N–H and O–H groups in total. The topological polar surface area (TPSA) is 65.1 Å². The number of H-pyrrole nitrogens is 1. The molecule has 4 nitrogen and oxygen atoms in total. The molecule has 0 saturated carbocycles. The van der Waals surface area contributed by atoms with E-state index in [0.29, 0.717) is 16.6 Å². The van der Waals surface area contributed by atoms with Crippen LogP contribution in [0.4, 0.5) is 0 Å². The van der Waals surface area contributed by atoms with Gasteiger partial charge in [-0.1, -0.05) is 24.4 Å². The molecule has 2 rings (SSSR count). The summed E-state index contributed by atoms with van der Waals surface area (Å²) in [5.74, 6) is 0.0548. The van der Waals surface area contributed by atoms with Crippen molar-refractivity contribution in [1.29, 1.82) is 0 Å². The maximum absolute atomic E-state index is 12.1. The Morgan fingerprint density at radius 1 is 1.35 bits per heavy atom. The SMILES string of the molecule is C[C@@H](Cc1ccc(O)cc1)NC(=O)c1ccc[nH]c1=S. The summed E-state index contributed by atoms with van der Waals surface area (Å²) < 4.78 is 0.432. The van der Waals surface area contributed by atoms with E-state index in [4.69, 9.17) is 12.2 Å². The highest BCUT2D eigenvalue weighted by atomic mass is 32.1. The van der Waals surface area contributed by atoms with E-state index in [1.807, 2.05) is 19.1 Å². The Morgan fingerprint density at radius 3 is 2.70 bits per heavy atom. The quantitative estimate of drug-likeness (QED) is 0.758. The smallest absolute Gasteiger partial charge is 0.254 e. The number of rotatable bonds is 4. The van der Waals surface area contributed by atoms with Gasteiger partial charge in [0.25, 0.3) is 5.91 Å². The number of carbonyl (C=O) groups is 1. The summed E-state index contributed by atoms with van der Waals surface area (Å²) >= 11 is 5.08. The van der Waals surface area contributed by atoms with E-state index in [9.17, 15) is 9.90 Å². The maximum atomic E-state index is 12.1. The van der Waals surface area contributed by atoms with Crippen LogP contribution in [-0.4, -0.2) is 22.0 Å². The number of aromatic nitrogens is 1. The minimum Gasteiger partial charge on any atom is -0.508 e. The molecular weight excluding hydrogens is 272 g/mol. The van der Waals surface area contributed by atoms with Crippen LogP contribution in [0, 0.1) is 4.64 Å². The van der Waals surface area contributed by atoms with Crippen LogP contribution in [0.1, 0.15) is 22.8 Å². The number of phenolic OH excluding ortho intramolecular Hbond substituents is 1. The van der Waals surface area contributed by atoms with Gasteiger partial charge in [0.1, 0.15) is 10.4 Å². The molecule has 0 aliphatic heterocycles. The molecule has 0 aliphatic carbocycles. The van der Waals surface area contributed by atoms with Crippen LogP contribution in [0.3, 0.4) is 0 Å². The van der Waals surface area contributed by atoms with Crippen molar-refractivity contribution in [3.05, 3.63) is 58.4 Å². The van der Waals surface area contributed by atoms with Gasteiger partial charge >= 0.3 is 0 Å². The predicted molar refractivity (Wildman–Crippen MR) is 80.4 cm³/mol. The van der Waals surface area contributed by atoms with Crippen LogP contribution in [0.25, 0.3) is 0 Å². The number of phenols is 1. The van der Waals surface area contributed by atoms with Crippen molar-refractivity contribution in [1.82, 2.24) is 10.3 Å². The highest BCUT2D eigenvalue weighted by Crippen LogP contribution is 2.11. The van der Waals surface area contributed by atoms with Crippen LogP contribution < -0.4 is 5.32 Å². The summed E-state index contributed by atoms with van der Waals surface area (Å²) in [5.41, 5.74) is 1.52. The number of aromatic amines is 1. The first kappa shape index (κ1) is 14.3. The lowest BCUT2D eigenvalue weighted by Gasteiger charge is -2.14. The van der Waals surface area contributed by atoms with Crippen LogP contribution in [0.2, 0.25) is 0 Å². The molecule has 1 heterocycles. The van der Waals surface area contributed by atoms with Gasteiger partial charge in [0.15, 0.2) is 0 Å². The number of hydrogen-bond donors (Lipinski definition) is 3. The second kappa shape index (κ2) is 6.34. The molecule has 1 aromatic heterocycles. The van der Waals surface area contributed by atoms with Gasteiger partial charge in [0, 0.05) is 12.2 Å². The Bertz CT molecular complexity index is 649. The van der Waals surface area contributed by atoms with Crippen molar-refractivity contribution in [3.8, 4) is 5.75 Å². The van der Waals surface area contributed by atoms with E-state index < -0.39 is 0 Å². The van der Waals surface area contributed by atoms with Crippen LogP contribution in [-0.2, 0) is 6.42 Å². The second-order valence-electron chi connectivity index (χ2n) is 4.66. The Kier molecular flexibility index (Phi) is 4.53. The summed E-state index contributed by atoms with van der Waals surface area (Å²) in [4.78, 5) is 14.9. The minimum absolute atomic E-state index is 0.0263. The molecule has 0 aliphatic rings. The third kappa shape index (κ3) is 3.68. The summed E-state index contributed by atoms with van der Waals surface area (Å²) in [7, 11) is 0. The first-order chi connectivity index (χ1) is 9.56. The highest BCUT2D eigenvalue weighted by molar-refractivity contribution is 7.71. The zero-order valence-corrected chi connectivity index (χ0v) is 11.9. The zero-order chi connectivity index (χ0) is 14.5. The fourth-order valence-electron chi connectivity index (χ4n) is 1.94. The number of amides is 1. The Balaban J connectivity index is 1.99. The van der Waals surface area contributed by atoms with Gasteiger partial charge in [0.05, 0.1) is 5.56 Å². The minimum atomic E-state index is -0.182. The van der Waals surface area contributed by atoms with Gasteiger partial charge in [-0.15, -0.1) is 0 Å². The number of hydrogen-bond acceptors (Lipinski definition) is 3. The number of aromatic hydroxyl groups is 1. The van der Waals surface area contributed by atoms with E-state index in [-0.39, 0.29) is 17.7 Å². The van der Waals surface area contributed by atoms with Gasteiger partial charge in [0.2, 0.25) is 0 Å². The van der Waals surface area contributed by atoms with E-state index in [1.54, 1.807) is 30.5 Å². The monoisotopic (exact) mass is 288 g/mol. The zero-order valence-electron chi connectivity index (χ0n) is 11.1. The van der Waals surface area contributed by atoms with Gasteiger partial charge in [-0.25, -0.2) is 0 Å². The third-order valence-electron chi connectivity index (χ3n) is 2.92. The van der Waals surface area contributed by atoms with Crippen molar-refractivity contribution >= 4 is 18.1 Å². The van der Waals surface area contributed by atoms with E-state index in [2.05, 4.69) is 10.3 Å². The lowest BCUT2D eigenvalue weighted by Crippen LogP contribution is -2.34. The van der Waals surface area contributed by atoms with Crippen molar-refractivity contribution < 1.29 is 9.90 Å². The average Bonchev–Trinajstić information content (AvgIpc) is 2.41. The molecule has 0 saturated heterocycles. The van der Waals surface area contributed by atoms with Gasteiger partial charge in [-0.3, -0.25) is 4.79 Å². The number of benzene rings is 1. The molecule has 20 heavy (non-hydrogen) atoms. The first-order valence-corrected chi connectivity index (χ1v) is 6.73. The second-order valence-corrected chi connectivity index (χ2v) is 5.07. The average molecular weight is 288 g/mol. The van der Waals surface area contributed by atoms with Crippen molar-refractivity contribution in [2.45, 2.75) is 19.4 Å². The molecule has 0 fully saturated rings. The molecule has 104 valence electrons. The van der Waals surface area contributed by atoms with Crippen LogP contribution in [0.15, 0.2) is 42.6 Å². The molecule has 0 spiro atoms. The Morgan fingerprint density at radius 2 is 2.05 bits per heavy atom. The Labute approximate surface area is 122 Å². The summed E-state index contributed by atoms with van der Waals surface area (Å²) in [6, 6.07) is 10.4. The molecule has 1 amide bonds. The van der Waals surface area contributed by atoms with Gasteiger partial charge in [-0.05, 0) is 43.2 Å². The van der Waals surface area contributed by atoms with Crippen LogP contribution >= 0.6 is 12.2 Å². The lowest BCUT2D eigenvalue weighted by atomic mass is 10.1. The fraction of sp³-hybridized carbons (Fsp3) is 0.200. The molecule has 1 aromatic carbocycles. The van der Waals surface area contributed by atoms with Crippen molar-refractivity contribution in [2.75, 3.05) is 0 Å². The van der Waals surface area contributed by atoms with Gasteiger partial charge < -0.3 is 15.4 Å². The predicted octanol–water partition coefficient (Wildman–Crippen LogP) is 2.81. The standard InChI is InChI=1S/C15H16N2O2S/c1-10(9-11-4-6-12(18)7-5-11)17-14(19)13-3-2-8-16-15(13)20/h2-8,10,18H,9H2,1H3,(H,16,20)(H,17,19)/t10-/m0/s1. The lowest BCUT2D eigenvalue weighted by molar-refractivity contribution is 0.0939. The van der Waals surface area contributed by atoms with Gasteiger partial charge in [-0.2, -0.15) is 0 Å². The van der Waals surface area contributed by atoms with Crippen LogP contribution in [0.5, 0.6) is 5.75 Å². The first-order valence-electron chi connectivity index (χ1n) is 6.33. The molecular formula is C15H16N2O2S. The summed E-state index contributed by atoms with van der Waals surface area (Å²) in [6.45, 7) is 1.93. The number of nitrogens with one attached hydrogen (secondary N) is 2. The molecule has 2 aromatic rings. The largest absolute Gasteiger partial charge is 0.508 e.